The average molecular weight is 379 g/mol. The quantitative estimate of drug-likeness (QED) is 0.885. The lowest BCUT2D eigenvalue weighted by Crippen LogP contribution is -2.40. The highest BCUT2D eigenvalue weighted by Crippen LogP contribution is 2.22. The molecule has 0 radical (unpaired) electrons. The van der Waals surface area contributed by atoms with Gasteiger partial charge in [-0.1, -0.05) is 23.2 Å². The van der Waals surface area contributed by atoms with Gasteiger partial charge in [0, 0.05) is 29.4 Å². The Morgan fingerprint density at radius 1 is 1.00 bits per heavy atom. The summed E-state index contributed by atoms with van der Waals surface area (Å²) in [6, 6.07) is 11.4. The van der Waals surface area contributed by atoms with E-state index in [1.54, 1.807) is 41.3 Å². The van der Waals surface area contributed by atoms with Crippen molar-refractivity contribution in [3.05, 3.63) is 63.6 Å². The molecule has 1 N–H and O–H groups in total. The molecule has 0 saturated carbocycles. The van der Waals surface area contributed by atoms with Gasteiger partial charge in [0.1, 0.15) is 0 Å². The van der Waals surface area contributed by atoms with Gasteiger partial charge in [0.25, 0.3) is 11.8 Å². The summed E-state index contributed by atoms with van der Waals surface area (Å²) in [6.07, 6.45) is 0. The maximum atomic E-state index is 12.4. The summed E-state index contributed by atoms with van der Waals surface area (Å²) in [4.78, 5) is 26.5. The number of nitrogens with zero attached hydrogens (tertiary/aromatic N) is 1. The second-order valence-corrected chi connectivity index (χ2v) is 6.40. The number of anilines is 1. The first-order valence-corrected chi connectivity index (χ1v) is 8.53. The fourth-order valence-electron chi connectivity index (χ4n) is 2.52. The second kappa shape index (κ2) is 7.87. The van der Waals surface area contributed by atoms with E-state index in [4.69, 9.17) is 27.9 Å². The molecule has 7 heteroatoms. The van der Waals surface area contributed by atoms with Crippen LogP contribution >= 0.6 is 23.2 Å². The van der Waals surface area contributed by atoms with E-state index < -0.39 is 0 Å². The molecule has 0 aromatic heterocycles. The summed E-state index contributed by atoms with van der Waals surface area (Å²) >= 11 is 11.9. The minimum absolute atomic E-state index is 0.0425. The first-order valence-electron chi connectivity index (χ1n) is 7.78. The standard InChI is InChI=1S/C18H16Cl2N2O3/c19-13-3-6-16(20)15(11-13)17(23)21-14-4-1-12(2-5-14)18(24)22-7-9-25-10-8-22/h1-6,11H,7-10H2,(H,21,23). The van der Waals surface area contributed by atoms with Crippen molar-refractivity contribution < 1.29 is 14.3 Å². The third-order valence-electron chi connectivity index (χ3n) is 3.86. The van der Waals surface area contributed by atoms with Crippen LogP contribution in [0.4, 0.5) is 5.69 Å². The lowest BCUT2D eigenvalue weighted by Gasteiger charge is -2.26. The number of hydrogen-bond donors (Lipinski definition) is 1. The Hall–Kier alpha value is -2.08. The summed E-state index contributed by atoms with van der Waals surface area (Å²) in [5.74, 6) is -0.404. The van der Waals surface area contributed by atoms with Gasteiger partial charge in [0.15, 0.2) is 0 Å². The van der Waals surface area contributed by atoms with E-state index in [0.29, 0.717) is 53.2 Å². The molecule has 25 heavy (non-hydrogen) atoms. The predicted molar refractivity (Wildman–Crippen MR) is 97.6 cm³/mol. The molecule has 2 aromatic rings. The van der Waals surface area contributed by atoms with Crippen molar-refractivity contribution in [1.82, 2.24) is 4.90 Å². The molecule has 1 fully saturated rings. The summed E-state index contributed by atoms with van der Waals surface area (Å²) in [5, 5.41) is 3.50. The Bertz CT molecular complexity index is 787. The molecule has 1 aliphatic heterocycles. The molecule has 1 heterocycles. The van der Waals surface area contributed by atoms with Gasteiger partial charge in [-0.3, -0.25) is 9.59 Å². The smallest absolute Gasteiger partial charge is 0.257 e. The minimum atomic E-state index is -0.361. The lowest BCUT2D eigenvalue weighted by atomic mass is 10.1. The highest BCUT2D eigenvalue weighted by Gasteiger charge is 2.18. The number of nitrogens with one attached hydrogen (secondary N) is 1. The normalized spacial score (nSPS) is 14.2. The summed E-state index contributed by atoms with van der Waals surface area (Å²) in [5.41, 5.74) is 1.43. The highest BCUT2D eigenvalue weighted by atomic mass is 35.5. The summed E-state index contributed by atoms with van der Waals surface area (Å²) in [6.45, 7) is 2.29. The molecule has 0 spiro atoms. The third-order valence-corrected chi connectivity index (χ3v) is 4.43. The maximum absolute atomic E-state index is 12.4. The van der Waals surface area contributed by atoms with Crippen molar-refractivity contribution in [3.8, 4) is 0 Å². The van der Waals surface area contributed by atoms with Crippen LogP contribution in [0.5, 0.6) is 0 Å². The largest absolute Gasteiger partial charge is 0.378 e. The van der Waals surface area contributed by atoms with E-state index in [0.717, 1.165) is 0 Å². The van der Waals surface area contributed by atoms with Gasteiger partial charge >= 0.3 is 0 Å². The Morgan fingerprint density at radius 2 is 1.68 bits per heavy atom. The molecule has 1 aliphatic rings. The number of morpholine rings is 1. The van der Waals surface area contributed by atoms with Crippen LogP contribution in [0.25, 0.3) is 0 Å². The molecule has 2 amide bonds. The van der Waals surface area contributed by atoms with Gasteiger partial charge in [-0.15, -0.1) is 0 Å². The molecular formula is C18H16Cl2N2O3. The van der Waals surface area contributed by atoms with E-state index in [2.05, 4.69) is 5.32 Å². The first-order chi connectivity index (χ1) is 12.0. The van der Waals surface area contributed by atoms with Crippen LogP contribution in [0.2, 0.25) is 10.0 Å². The van der Waals surface area contributed by atoms with Crippen molar-refractivity contribution in [2.75, 3.05) is 31.6 Å². The monoisotopic (exact) mass is 378 g/mol. The van der Waals surface area contributed by atoms with Crippen LogP contribution in [0.3, 0.4) is 0 Å². The zero-order valence-corrected chi connectivity index (χ0v) is 14.8. The van der Waals surface area contributed by atoms with Gasteiger partial charge in [-0.05, 0) is 42.5 Å². The number of halogens is 2. The number of carbonyl (C=O) groups excluding carboxylic acids is 2. The third kappa shape index (κ3) is 4.31. The molecule has 0 aliphatic carbocycles. The van der Waals surface area contributed by atoms with E-state index in [1.807, 2.05) is 0 Å². The molecule has 2 aromatic carbocycles. The molecule has 130 valence electrons. The molecule has 0 unspecified atom stereocenters. The molecule has 3 rings (SSSR count). The van der Waals surface area contributed by atoms with Gasteiger partial charge in [-0.2, -0.15) is 0 Å². The molecule has 1 saturated heterocycles. The molecular weight excluding hydrogens is 363 g/mol. The topological polar surface area (TPSA) is 58.6 Å². The van der Waals surface area contributed by atoms with Crippen LogP contribution in [-0.4, -0.2) is 43.0 Å². The highest BCUT2D eigenvalue weighted by molar-refractivity contribution is 6.36. The number of hydrogen-bond acceptors (Lipinski definition) is 3. The fraction of sp³-hybridized carbons (Fsp3) is 0.222. The molecule has 0 atom stereocenters. The number of carbonyl (C=O) groups is 2. The van der Waals surface area contributed by atoms with E-state index in [1.165, 1.54) is 6.07 Å². The zero-order chi connectivity index (χ0) is 17.8. The Morgan fingerprint density at radius 3 is 2.36 bits per heavy atom. The van der Waals surface area contributed by atoms with Crippen molar-refractivity contribution in [2.24, 2.45) is 0 Å². The van der Waals surface area contributed by atoms with Crippen molar-refractivity contribution in [3.63, 3.8) is 0 Å². The summed E-state index contributed by atoms with van der Waals surface area (Å²) in [7, 11) is 0. The van der Waals surface area contributed by atoms with E-state index >= 15 is 0 Å². The van der Waals surface area contributed by atoms with Crippen molar-refractivity contribution in [1.29, 1.82) is 0 Å². The van der Waals surface area contributed by atoms with Crippen LogP contribution in [0, 0.1) is 0 Å². The van der Waals surface area contributed by atoms with Crippen LogP contribution in [-0.2, 0) is 4.74 Å². The lowest BCUT2D eigenvalue weighted by molar-refractivity contribution is 0.0303. The Kier molecular flexibility index (Phi) is 5.58. The second-order valence-electron chi connectivity index (χ2n) is 5.56. The SMILES string of the molecule is O=C(Nc1ccc(C(=O)N2CCOCC2)cc1)c1cc(Cl)ccc1Cl. The van der Waals surface area contributed by atoms with Crippen molar-refractivity contribution in [2.45, 2.75) is 0 Å². The Labute approximate surface area is 155 Å². The van der Waals surface area contributed by atoms with Gasteiger partial charge in [0.05, 0.1) is 23.8 Å². The first kappa shape index (κ1) is 17.7. The summed E-state index contributed by atoms with van der Waals surface area (Å²) < 4.78 is 5.25. The van der Waals surface area contributed by atoms with Crippen LogP contribution in [0.15, 0.2) is 42.5 Å². The number of benzene rings is 2. The zero-order valence-electron chi connectivity index (χ0n) is 13.3. The average Bonchev–Trinajstić information content (AvgIpc) is 2.64. The number of rotatable bonds is 3. The van der Waals surface area contributed by atoms with Crippen molar-refractivity contribution >= 4 is 40.7 Å². The Balaban J connectivity index is 1.69. The predicted octanol–water partition coefficient (Wildman–Crippen LogP) is 3.72. The molecule has 0 bridgehead atoms. The number of ether oxygens (including phenoxy) is 1. The number of amides is 2. The van der Waals surface area contributed by atoms with Gasteiger partial charge in [-0.25, -0.2) is 0 Å². The molecule has 5 nitrogen and oxygen atoms in total. The maximum Gasteiger partial charge on any atom is 0.257 e. The van der Waals surface area contributed by atoms with Gasteiger partial charge in [0.2, 0.25) is 0 Å². The van der Waals surface area contributed by atoms with E-state index in [9.17, 15) is 9.59 Å². The van der Waals surface area contributed by atoms with Crippen LogP contribution in [0.1, 0.15) is 20.7 Å². The minimum Gasteiger partial charge on any atom is -0.378 e. The van der Waals surface area contributed by atoms with Crippen LogP contribution < -0.4 is 5.32 Å². The fourth-order valence-corrected chi connectivity index (χ4v) is 2.89. The van der Waals surface area contributed by atoms with Gasteiger partial charge < -0.3 is 15.0 Å². The van der Waals surface area contributed by atoms with E-state index in [-0.39, 0.29) is 11.8 Å².